The van der Waals surface area contributed by atoms with Crippen molar-refractivity contribution >= 4 is 35.0 Å². The first-order valence-electron chi connectivity index (χ1n) is 11.3. The van der Waals surface area contributed by atoms with E-state index >= 15 is 0 Å². The molecule has 5 rings (SSSR count). The minimum atomic E-state index is -1.34. The fourth-order valence-electron chi connectivity index (χ4n) is 4.91. The molecular formula is C25H22ClFN4O4. The molecule has 0 radical (unpaired) electrons. The van der Waals surface area contributed by atoms with E-state index in [1.165, 1.54) is 17.0 Å². The zero-order chi connectivity index (χ0) is 24.7. The molecule has 3 amide bonds. The number of hydrogen-bond donors (Lipinski definition) is 0. The largest absolute Gasteiger partial charge is 0.380 e. The fraction of sp³-hybridized carbons (Fsp3) is 0.360. The maximum absolute atomic E-state index is 14.9. The Morgan fingerprint density at radius 2 is 1.94 bits per heavy atom. The first-order valence-corrected chi connectivity index (χ1v) is 11.6. The predicted molar refractivity (Wildman–Crippen MR) is 124 cm³/mol. The van der Waals surface area contributed by atoms with Crippen molar-refractivity contribution in [2.24, 2.45) is 5.92 Å². The van der Waals surface area contributed by atoms with Crippen LogP contribution in [0.3, 0.4) is 0 Å². The number of likely N-dealkylation sites (tertiary alicyclic amines) is 1. The van der Waals surface area contributed by atoms with Gasteiger partial charge < -0.3 is 14.5 Å². The zero-order valence-corrected chi connectivity index (χ0v) is 19.5. The lowest BCUT2D eigenvalue weighted by molar-refractivity contribution is -0.154. The molecule has 3 fully saturated rings. The van der Waals surface area contributed by atoms with Gasteiger partial charge in [-0.25, -0.2) is 4.39 Å². The quantitative estimate of drug-likeness (QED) is 0.647. The van der Waals surface area contributed by atoms with E-state index in [1.807, 2.05) is 6.07 Å². The van der Waals surface area contributed by atoms with Crippen molar-refractivity contribution < 1.29 is 23.5 Å². The molecule has 0 aromatic heterocycles. The summed E-state index contributed by atoms with van der Waals surface area (Å²) in [4.78, 5) is 44.7. The Labute approximate surface area is 206 Å². The number of carbonyl (C=O) groups excluding carboxylic acids is 3. The van der Waals surface area contributed by atoms with Crippen LogP contribution >= 0.6 is 11.6 Å². The number of carbonyl (C=O) groups is 3. The number of anilines is 1. The Morgan fingerprint density at radius 3 is 2.57 bits per heavy atom. The van der Waals surface area contributed by atoms with Crippen molar-refractivity contribution in [3.05, 3.63) is 64.4 Å². The van der Waals surface area contributed by atoms with Crippen molar-refractivity contribution in [3.63, 3.8) is 0 Å². The molecule has 180 valence electrons. The van der Waals surface area contributed by atoms with E-state index in [9.17, 15) is 18.8 Å². The summed E-state index contributed by atoms with van der Waals surface area (Å²) in [5.41, 5.74) is -0.508. The fourth-order valence-corrected chi connectivity index (χ4v) is 5.04. The highest BCUT2D eigenvalue weighted by atomic mass is 35.5. The van der Waals surface area contributed by atoms with Gasteiger partial charge in [0.1, 0.15) is 17.9 Å². The molecule has 1 atom stereocenters. The molecule has 0 bridgehead atoms. The van der Waals surface area contributed by atoms with E-state index in [2.05, 4.69) is 0 Å². The number of nitrogens with zero attached hydrogens (tertiary/aromatic N) is 4. The van der Waals surface area contributed by atoms with Gasteiger partial charge in [-0.3, -0.25) is 19.3 Å². The van der Waals surface area contributed by atoms with Gasteiger partial charge in [0.15, 0.2) is 0 Å². The molecule has 1 spiro atoms. The summed E-state index contributed by atoms with van der Waals surface area (Å²) < 4.78 is 20.0. The van der Waals surface area contributed by atoms with Gasteiger partial charge in [-0.2, -0.15) is 5.26 Å². The average molecular weight is 497 g/mol. The Morgan fingerprint density at radius 1 is 1.20 bits per heavy atom. The second-order valence-corrected chi connectivity index (χ2v) is 9.49. The van der Waals surface area contributed by atoms with Crippen LogP contribution in [0, 0.1) is 23.1 Å². The maximum atomic E-state index is 14.9. The van der Waals surface area contributed by atoms with Gasteiger partial charge in [0.05, 0.1) is 43.0 Å². The summed E-state index contributed by atoms with van der Waals surface area (Å²) in [6.45, 7) is 0.810. The molecule has 8 nitrogen and oxygen atoms in total. The Hall–Kier alpha value is -3.48. The second kappa shape index (κ2) is 8.95. The molecule has 2 aromatic rings. The highest BCUT2D eigenvalue weighted by Crippen LogP contribution is 2.38. The van der Waals surface area contributed by atoms with Crippen LogP contribution in [0.15, 0.2) is 42.5 Å². The highest BCUT2D eigenvalue weighted by molar-refractivity contribution is 6.30. The van der Waals surface area contributed by atoms with Crippen molar-refractivity contribution in [2.75, 3.05) is 37.7 Å². The van der Waals surface area contributed by atoms with Crippen LogP contribution in [-0.2, 0) is 25.7 Å². The van der Waals surface area contributed by atoms with Crippen LogP contribution in [-0.4, -0.2) is 65.9 Å². The van der Waals surface area contributed by atoms with Crippen LogP contribution in [0.4, 0.5) is 10.1 Å². The molecule has 3 aliphatic heterocycles. The van der Waals surface area contributed by atoms with Gasteiger partial charge in [0.25, 0.3) is 5.91 Å². The molecular weight excluding hydrogens is 475 g/mol. The summed E-state index contributed by atoms with van der Waals surface area (Å²) in [5.74, 6) is -1.93. The van der Waals surface area contributed by atoms with E-state index < -0.39 is 17.3 Å². The van der Waals surface area contributed by atoms with E-state index in [0.717, 1.165) is 16.5 Å². The van der Waals surface area contributed by atoms with Gasteiger partial charge in [-0.15, -0.1) is 0 Å². The molecule has 2 aromatic carbocycles. The number of piperazine rings is 1. The summed E-state index contributed by atoms with van der Waals surface area (Å²) >= 11 is 6.00. The van der Waals surface area contributed by atoms with Gasteiger partial charge in [0.2, 0.25) is 11.8 Å². The molecule has 0 unspecified atom stereocenters. The molecule has 3 saturated heterocycles. The Bertz CT molecular complexity index is 1240. The maximum Gasteiger partial charge on any atom is 0.255 e. The molecule has 0 saturated carbocycles. The summed E-state index contributed by atoms with van der Waals surface area (Å²) in [6.07, 6.45) is 0.235. The van der Waals surface area contributed by atoms with E-state index in [0.29, 0.717) is 24.8 Å². The first kappa shape index (κ1) is 23.3. The third-order valence-corrected chi connectivity index (χ3v) is 7.17. The minimum absolute atomic E-state index is 0.0227. The van der Waals surface area contributed by atoms with Gasteiger partial charge in [-0.1, -0.05) is 23.7 Å². The van der Waals surface area contributed by atoms with Gasteiger partial charge in [0, 0.05) is 18.1 Å². The lowest BCUT2D eigenvalue weighted by atomic mass is 9.89. The second-order valence-electron chi connectivity index (χ2n) is 9.05. The molecule has 0 N–H and O–H groups in total. The van der Waals surface area contributed by atoms with E-state index in [4.69, 9.17) is 21.6 Å². The molecule has 3 heterocycles. The zero-order valence-electron chi connectivity index (χ0n) is 18.7. The minimum Gasteiger partial charge on any atom is -0.380 e. The lowest BCUT2D eigenvalue weighted by Crippen LogP contribution is -2.69. The number of halogens is 2. The lowest BCUT2D eigenvalue weighted by Gasteiger charge is -2.47. The predicted octanol–water partition coefficient (Wildman–Crippen LogP) is 2.34. The van der Waals surface area contributed by atoms with Crippen molar-refractivity contribution in [1.29, 1.82) is 5.26 Å². The third-order valence-electron chi connectivity index (χ3n) is 6.92. The summed E-state index contributed by atoms with van der Waals surface area (Å²) in [5, 5.41) is 9.60. The first-order chi connectivity index (χ1) is 16.8. The van der Waals surface area contributed by atoms with Crippen LogP contribution < -0.4 is 4.90 Å². The number of benzene rings is 2. The number of amides is 3. The highest BCUT2D eigenvalue weighted by Gasteiger charge is 2.57. The summed E-state index contributed by atoms with van der Waals surface area (Å²) in [7, 11) is 0. The van der Waals surface area contributed by atoms with Crippen molar-refractivity contribution in [1.82, 2.24) is 9.80 Å². The van der Waals surface area contributed by atoms with Crippen LogP contribution in [0.5, 0.6) is 0 Å². The smallest absolute Gasteiger partial charge is 0.255 e. The van der Waals surface area contributed by atoms with Crippen LogP contribution in [0.25, 0.3) is 0 Å². The monoisotopic (exact) mass is 496 g/mol. The number of hydrogen-bond acceptors (Lipinski definition) is 5. The van der Waals surface area contributed by atoms with Crippen molar-refractivity contribution in [2.45, 2.75) is 18.5 Å². The molecule has 3 aliphatic rings. The van der Waals surface area contributed by atoms with E-state index in [1.54, 1.807) is 29.2 Å². The van der Waals surface area contributed by atoms with Crippen LogP contribution in [0.1, 0.15) is 17.5 Å². The van der Waals surface area contributed by atoms with E-state index in [-0.39, 0.29) is 55.0 Å². The van der Waals surface area contributed by atoms with Gasteiger partial charge in [-0.05, 0) is 42.3 Å². The standard InChI is InChI=1S/C25H22ClFN4O4/c26-19-4-1-16(2-5-19)11-31-22(32)12-30(21-6-3-17(10-28)9-20(21)27)24(34)25(31)7-8-29(15-25)23(33)18-13-35-14-18/h1-6,9,18H,7-8,11-15H2/t25-/m1/s1. The molecule has 0 aliphatic carbocycles. The Balaban J connectivity index is 1.51. The van der Waals surface area contributed by atoms with Gasteiger partial charge >= 0.3 is 0 Å². The molecule has 10 heteroatoms. The number of ether oxygens (including phenoxy) is 1. The number of nitriles is 1. The number of rotatable bonds is 4. The normalized spacial score (nSPS) is 22.5. The SMILES string of the molecule is N#Cc1ccc(N2CC(=O)N(Cc3ccc(Cl)cc3)[C@@]3(CCN(C(=O)C4COC4)C3)C2=O)c(F)c1. The topological polar surface area (TPSA) is 94.0 Å². The summed E-state index contributed by atoms with van der Waals surface area (Å²) in [6, 6.07) is 12.6. The third kappa shape index (κ3) is 4.03. The van der Waals surface area contributed by atoms with Crippen LogP contribution in [0.2, 0.25) is 5.02 Å². The van der Waals surface area contributed by atoms with Crippen molar-refractivity contribution in [3.8, 4) is 6.07 Å². The molecule has 35 heavy (non-hydrogen) atoms. The Kier molecular flexibility index (Phi) is 5.95. The average Bonchev–Trinajstić information content (AvgIpc) is 3.26.